The van der Waals surface area contributed by atoms with Gasteiger partial charge in [-0.3, -0.25) is 9.69 Å². The lowest BCUT2D eigenvalue weighted by atomic mass is 9.96. The summed E-state index contributed by atoms with van der Waals surface area (Å²) in [5.74, 6) is 0.109. The molecule has 0 unspecified atom stereocenters. The molecule has 31 heavy (non-hydrogen) atoms. The van der Waals surface area contributed by atoms with Crippen LogP contribution in [0.15, 0.2) is 59.5 Å². The molecule has 2 saturated heterocycles. The molecule has 6 nitrogen and oxygen atoms in total. The molecule has 0 N–H and O–H groups in total. The summed E-state index contributed by atoms with van der Waals surface area (Å²) in [5.41, 5.74) is 2.57. The smallest absolute Gasteiger partial charge is 0.243 e. The second-order valence-electron chi connectivity index (χ2n) is 8.58. The van der Waals surface area contributed by atoms with E-state index >= 15 is 0 Å². The van der Waals surface area contributed by atoms with Crippen LogP contribution >= 0.6 is 0 Å². The van der Waals surface area contributed by atoms with Gasteiger partial charge in [-0.1, -0.05) is 48.0 Å². The van der Waals surface area contributed by atoms with E-state index in [0.717, 1.165) is 32.7 Å². The number of amides is 1. The van der Waals surface area contributed by atoms with Gasteiger partial charge in [0, 0.05) is 51.7 Å². The van der Waals surface area contributed by atoms with E-state index in [9.17, 15) is 13.2 Å². The normalized spacial score (nSPS) is 19.5. The van der Waals surface area contributed by atoms with E-state index in [1.165, 1.54) is 15.4 Å². The molecule has 7 heteroatoms. The highest BCUT2D eigenvalue weighted by molar-refractivity contribution is 7.89. The van der Waals surface area contributed by atoms with Crippen molar-refractivity contribution in [2.24, 2.45) is 5.92 Å². The van der Waals surface area contributed by atoms with Gasteiger partial charge in [-0.15, -0.1) is 0 Å². The van der Waals surface area contributed by atoms with E-state index < -0.39 is 10.0 Å². The van der Waals surface area contributed by atoms with Gasteiger partial charge in [-0.05, 0) is 37.5 Å². The molecule has 0 bridgehead atoms. The van der Waals surface area contributed by atoms with Crippen LogP contribution in [0.2, 0.25) is 0 Å². The summed E-state index contributed by atoms with van der Waals surface area (Å²) in [6.45, 7) is 7.05. The fourth-order valence-corrected chi connectivity index (χ4v) is 5.91. The fourth-order valence-electron chi connectivity index (χ4n) is 4.42. The van der Waals surface area contributed by atoms with Gasteiger partial charge in [0.15, 0.2) is 0 Å². The predicted molar refractivity (Wildman–Crippen MR) is 121 cm³/mol. The third-order valence-corrected chi connectivity index (χ3v) is 8.31. The third-order valence-electron chi connectivity index (χ3n) is 6.39. The minimum atomic E-state index is -3.47. The van der Waals surface area contributed by atoms with Crippen LogP contribution in [-0.2, 0) is 21.4 Å². The SMILES string of the molecule is Cc1ccc(CN2CCN(C(=O)C3CCN(S(=O)(=O)c4ccccc4)CC3)CC2)cc1. The standard InChI is InChI=1S/C24H31N3O3S/c1-20-7-9-21(10-8-20)19-25-15-17-26(18-16-25)24(28)22-11-13-27(14-12-22)31(29,30)23-5-3-2-4-6-23/h2-10,22H,11-19H2,1H3. The number of aryl methyl sites for hydroxylation is 1. The van der Waals surface area contributed by atoms with Crippen molar-refractivity contribution in [3.05, 3.63) is 65.7 Å². The van der Waals surface area contributed by atoms with E-state index in [4.69, 9.17) is 0 Å². The molecule has 2 aromatic rings. The molecule has 2 fully saturated rings. The highest BCUT2D eigenvalue weighted by Crippen LogP contribution is 2.25. The Morgan fingerprint density at radius 2 is 1.48 bits per heavy atom. The van der Waals surface area contributed by atoms with Crippen molar-refractivity contribution in [3.63, 3.8) is 0 Å². The maximum atomic E-state index is 13.0. The summed E-state index contributed by atoms with van der Waals surface area (Å²) in [5, 5.41) is 0. The molecule has 4 rings (SSSR count). The van der Waals surface area contributed by atoms with E-state index in [1.807, 2.05) is 11.0 Å². The first-order valence-electron chi connectivity index (χ1n) is 11.1. The van der Waals surface area contributed by atoms with E-state index in [0.29, 0.717) is 30.8 Å². The Morgan fingerprint density at radius 3 is 2.10 bits per heavy atom. The largest absolute Gasteiger partial charge is 0.340 e. The summed E-state index contributed by atoms with van der Waals surface area (Å²) in [4.78, 5) is 17.7. The summed E-state index contributed by atoms with van der Waals surface area (Å²) in [7, 11) is -3.47. The molecule has 0 saturated carbocycles. The number of hydrogen-bond acceptors (Lipinski definition) is 4. The van der Waals surface area contributed by atoms with Crippen molar-refractivity contribution >= 4 is 15.9 Å². The van der Waals surface area contributed by atoms with Crippen molar-refractivity contribution < 1.29 is 13.2 Å². The van der Waals surface area contributed by atoms with Gasteiger partial charge in [-0.25, -0.2) is 8.42 Å². The number of piperazine rings is 1. The van der Waals surface area contributed by atoms with Gasteiger partial charge < -0.3 is 4.90 Å². The zero-order chi connectivity index (χ0) is 21.8. The topological polar surface area (TPSA) is 60.9 Å². The number of hydrogen-bond donors (Lipinski definition) is 0. The first-order chi connectivity index (χ1) is 14.9. The Bertz CT molecular complexity index is 976. The Labute approximate surface area is 185 Å². The molecule has 166 valence electrons. The van der Waals surface area contributed by atoms with E-state index in [1.54, 1.807) is 24.3 Å². The van der Waals surface area contributed by atoms with Gasteiger partial charge in [0.2, 0.25) is 15.9 Å². The summed E-state index contributed by atoms with van der Waals surface area (Å²) >= 11 is 0. The van der Waals surface area contributed by atoms with Crippen molar-refractivity contribution in [1.29, 1.82) is 0 Å². The van der Waals surface area contributed by atoms with Crippen LogP contribution in [-0.4, -0.2) is 67.7 Å². The zero-order valence-corrected chi connectivity index (χ0v) is 18.9. The number of rotatable bonds is 5. The van der Waals surface area contributed by atoms with Crippen LogP contribution < -0.4 is 0 Å². The van der Waals surface area contributed by atoms with Gasteiger partial charge in [-0.2, -0.15) is 4.31 Å². The fraction of sp³-hybridized carbons (Fsp3) is 0.458. The van der Waals surface area contributed by atoms with Crippen molar-refractivity contribution in [3.8, 4) is 0 Å². The maximum absolute atomic E-state index is 13.0. The first kappa shape index (κ1) is 22.0. The lowest BCUT2D eigenvalue weighted by Gasteiger charge is -2.38. The van der Waals surface area contributed by atoms with Crippen LogP contribution in [0.3, 0.4) is 0 Å². The summed E-state index contributed by atoms with van der Waals surface area (Å²) in [6, 6.07) is 17.2. The van der Waals surface area contributed by atoms with Crippen LogP contribution in [0.25, 0.3) is 0 Å². The highest BCUT2D eigenvalue weighted by Gasteiger charge is 2.34. The quantitative estimate of drug-likeness (QED) is 0.716. The number of nitrogens with zero attached hydrogens (tertiary/aromatic N) is 3. The molecule has 0 spiro atoms. The second kappa shape index (κ2) is 9.51. The third kappa shape index (κ3) is 5.17. The number of carbonyl (C=O) groups excluding carboxylic acids is 1. The summed E-state index contributed by atoms with van der Waals surface area (Å²) < 4.78 is 27.1. The van der Waals surface area contributed by atoms with Gasteiger partial charge in [0.1, 0.15) is 0 Å². The molecular weight excluding hydrogens is 410 g/mol. The highest BCUT2D eigenvalue weighted by atomic mass is 32.2. The zero-order valence-electron chi connectivity index (χ0n) is 18.1. The molecule has 0 radical (unpaired) electrons. The maximum Gasteiger partial charge on any atom is 0.243 e. The van der Waals surface area contributed by atoms with Gasteiger partial charge in [0.25, 0.3) is 0 Å². The Hall–Kier alpha value is -2.22. The molecule has 2 aliphatic heterocycles. The van der Waals surface area contributed by atoms with Crippen LogP contribution in [0, 0.1) is 12.8 Å². The number of sulfonamides is 1. The molecule has 1 amide bonds. The lowest BCUT2D eigenvalue weighted by molar-refractivity contribution is -0.138. The average Bonchev–Trinajstić information content (AvgIpc) is 2.81. The summed E-state index contributed by atoms with van der Waals surface area (Å²) in [6.07, 6.45) is 1.18. The van der Waals surface area contributed by atoms with Gasteiger partial charge in [0.05, 0.1) is 4.90 Å². The number of carbonyl (C=O) groups is 1. The second-order valence-corrected chi connectivity index (χ2v) is 10.5. The molecule has 2 aliphatic rings. The minimum Gasteiger partial charge on any atom is -0.340 e. The van der Waals surface area contributed by atoms with Crippen LogP contribution in [0.4, 0.5) is 0 Å². The lowest BCUT2D eigenvalue weighted by Crippen LogP contribution is -2.51. The Morgan fingerprint density at radius 1 is 0.871 bits per heavy atom. The van der Waals surface area contributed by atoms with Crippen LogP contribution in [0.5, 0.6) is 0 Å². The molecule has 0 atom stereocenters. The predicted octanol–water partition coefficient (Wildman–Crippen LogP) is 2.74. The Kier molecular flexibility index (Phi) is 6.74. The molecule has 0 aliphatic carbocycles. The van der Waals surface area contributed by atoms with Crippen LogP contribution in [0.1, 0.15) is 24.0 Å². The molecular formula is C24H31N3O3S. The van der Waals surface area contributed by atoms with E-state index in [-0.39, 0.29) is 11.8 Å². The monoisotopic (exact) mass is 441 g/mol. The minimum absolute atomic E-state index is 0.0779. The first-order valence-corrected chi connectivity index (χ1v) is 12.5. The molecule has 2 aromatic carbocycles. The molecule has 0 aromatic heterocycles. The number of piperidine rings is 1. The number of benzene rings is 2. The molecule has 2 heterocycles. The van der Waals surface area contributed by atoms with Crippen molar-refractivity contribution in [2.45, 2.75) is 31.2 Å². The van der Waals surface area contributed by atoms with Crippen molar-refractivity contribution in [2.75, 3.05) is 39.3 Å². The Balaban J connectivity index is 1.26. The van der Waals surface area contributed by atoms with Gasteiger partial charge >= 0.3 is 0 Å². The van der Waals surface area contributed by atoms with E-state index in [2.05, 4.69) is 36.1 Å². The van der Waals surface area contributed by atoms with Crippen molar-refractivity contribution in [1.82, 2.24) is 14.1 Å². The average molecular weight is 442 g/mol.